The molecule has 0 aliphatic carbocycles. The number of rotatable bonds is 4. The lowest BCUT2D eigenvalue weighted by molar-refractivity contribution is -0.131. The Bertz CT molecular complexity index is 610. The molecule has 0 aliphatic heterocycles. The summed E-state index contributed by atoms with van der Waals surface area (Å²) in [7, 11) is 0. The molecule has 0 saturated heterocycles. The minimum atomic E-state index is -0.942. The van der Waals surface area contributed by atoms with E-state index in [1.165, 1.54) is 11.6 Å². The predicted molar refractivity (Wildman–Crippen MR) is 77.7 cm³/mol. The Morgan fingerprint density at radius 1 is 0.895 bits per heavy atom. The van der Waals surface area contributed by atoms with E-state index in [0.717, 1.165) is 17.2 Å². The van der Waals surface area contributed by atoms with Crippen LogP contribution in [-0.2, 0) is 4.79 Å². The Morgan fingerprint density at radius 2 is 1.63 bits per heavy atom. The normalized spacial score (nSPS) is 11.2. The number of carboxylic acid groups (broad SMARTS) is 1. The Balaban J connectivity index is 2.18. The highest BCUT2D eigenvalue weighted by atomic mass is 16.4. The van der Waals surface area contributed by atoms with Gasteiger partial charge in [0.2, 0.25) is 0 Å². The summed E-state index contributed by atoms with van der Waals surface area (Å²) < 4.78 is 0. The Labute approximate surface area is 112 Å². The predicted octanol–water partition coefficient (Wildman–Crippen LogP) is 4.01. The molecule has 0 amide bonds. The fraction of sp³-hybridized carbons (Fsp3) is 0. The maximum atomic E-state index is 10.3. The Hall–Kier alpha value is -2.61. The van der Waals surface area contributed by atoms with Crippen LogP contribution in [0, 0.1) is 0 Å². The third-order valence-electron chi connectivity index (χ3n) is 2.63. The van der Waals surface area contributed by atoms with E-state index >= 15 is 0 Å². The average Bonchev–Trinajstić information content (AvgIpc) is 2.45. The highest BCUT2D eigenvalue weighted by molar-refractivity contribution is 5.80. The zero-order valence-electron chi connectivity index (χ0n) is 10.4. The second-order valence-corrected chi connectivity index (χ2v) is 4.05. The van der Waals surface area contributed by atoms with Crippen LogP contribution in [0.2, 0.25) is 0 Å². The van der Waals surface area contributed by atoms with E-state index in [4.69, 9.17) is 5.11 Å². The van der Waals surface area contributed by atoms with Crippen LogP contribution < -0.4 is 0 Å². The average molecular weight is 250 g/mol. The van der Waals surface area contributed by atoms with Crippen molar-refractivity contribution in [2.24, 2.45) is 0 Å². The van der Waals surface area contributed by atoms with Crippen LogP contribution >= 0.6 is 0 Å². The van der Waals surface area contributed by atoms with Crippen molar-refractivity contribution in [2.75, 3.05) is 0 Å². The summed E-state index contributed by atoms with van der Waals surface area (Å²) in [4.78, 5) is 10.3. The molecular weight excluding hydrogens is 236 g/mol. The Kier molecular flexibility index (Phi) is 4.29. The number of allylic oxidation sites excluding steroid dienone is 2. The van der Waals surface area contributed by atoms with Crippen molar-refractivity contribution in [1.29, 1.82) is 0 Å². The van der Waals surface area contributed by atoms with E-state index in [-0.39, 0.29) is 0 Å². The van der Waals surface area contributed by atoms with Crippen LogP contribution in [0.3, 0.4) is 0 Å². The molecule has 0 unspecified atom stereocenters. The monoisotopic (exact) mass is 250 g/mol. The summed E-state index contributed by atoms with van der Waals surface area (Å²) in [6.45, 7) is 0. The molecule has 0 aromatic heterocycles. The maximum Gasteiger partial charge on any atom is 0.328 e. The van der Waals surface area contributed by atoms with E-state index in [2.05, 4.69) is 24.3 Å². The van der Waals surface area contributed by atoms with Gasteiger partial charge < -0.3 is 5.11 Å². The lowest BCUT2D eigenvalue weighted by Gasteiger charge is -2.02. The first-order valence-corrected chi connectivity index (χ1v) is 5.99. The standard InChI is InChI=1S/C17H14O2/c18-17(19)12-5-4-7-14-8-6-11-16(13-14)15-9-2-1-3-10-15/h1-13H,(H,18,19). The van der Waals surface area contributed by atoms with E-state index in [0.29, 0.717) is 0 Å². The first-order chi connectivity index (χ1) is 9.25. The third-order valence-corrected chi connectivity index (χ3v) is 2.63. The van der Waals surface area contributed by atoms with Gasteiger partial charge in [0.1, 0.15) is 0 Å². The minimum absolute atomic E-state index is 0.942. The topological polar surface area (TPSA) is 37.3 Å². The molecular formula is C17H14O2. The fourth-order valence-electron chi connectivity index (χ4n) is 1.76. The second-order valence-electron chi connectivity index (χ2n) is 4.05. The van der Waals surface area contributed by atoms with Crippen molar-refractivity contribution >= 4 is 12.0 Å². The summed E-state index contributed by atoms with van der Waals surface area (Å²) in [5, 5.41) is 8.48. The van der Waals surface area contributed by atoms with Crippen LogP contribution in [0.1, 0.15) is 5.56 Å². The smallest absolute Gasteiger partial charge is 0.328 e. The molecule has 0 fully saturated rings. The van der Waals surface area contributed by atoms with Crippen LogP contribution in [0.4, 0.5) is 0 Å². The molecule has 94 valence electrons. The van der Waals surface area contributed by atoms with Crippen molar-refractivity contribution in [1.82, 2.24) is 0 Å². The molecule has 0 atom stereocenters. The van der Waals surface area contributed by atoms with Gasteiger partial charge in [0.15, 0.2) is 0 Å². The second kappa shape index (κ2) is 6.36. The van der Waals surface area contributed by atoms with Crippen LogP contribution in [0.25, 0.3) is 17.2 Å². The number of benzene rings is 2. The molecule has 0 spiro atoms. The molecule has 2 rings (SSSR count). The van der Waals surface area contributed by atoms with Gasteiger partial charge in [0.05, 0.1) is 0 Å². The molecule has 0 saturated carbocycles. The molecule has 19 heavy (non-hydrogen) atoms. The number of aliphatic carboxylic acids is 1. The van der Waals surface area contributed by atoms with Crippen molar-refractivity contribution < 1.29 is 9.90 Å². The van der Waals surface area contributed by atoms with Crippen LogP contribution in [-0.4, -0.2) is 11.1 Å². The molecule has 2 nitrogen and oxygen atoms in total. The van der Waals surface area contributed by atoms with E-state index < -0.39 is 5.97 Å². The van der Waals surface area contributed by atoms with Gasteiger partial charge in [0.25, 0.3) is 0 Å². The van der Waals surface area contributed by atoms with Gasteiger partial charge in [-0.25, -0.2) is 4.79 Å². The van der Waals surface area contributed by atoms with Crippen LogP contribution in [0.5, 0.6) is 0 Å². The summed E-state index contributed by atoms with van der Waals surface area (Å²) in [6, 6.07) is 18.2. The minimum Gasteiger partial charge on any atom is -0.478 e. The highest BCUT2D eigenvalue weighted by Crippen LogP contribution is 2.20. The van der Waals surface area contributed by atoms with Crippen molar-refractivity contribution in [2.45, 2.75) is 0 Å². The molecule has 1 N–H and O–H groups in total. The van der Waals surface area contributed by atoms with Gasteiger partial charge in [-0.2, -0.15) is 0 Å². The van der Waals surface area contributed by atoms with Crippen LogP contribution in [0.15, 0.2) is 72.8 Å². The number of hydrogen-bond donors (Lipinski definition) is 1. The zero-order valence-corrected chi connectivity index (χ0v) is 10.4. The van der Waals surface area contributed by atoms with Gasteiger partial charge >= 0.3 is 5.97 Å². The molecule has 2 heteroatoms. The van der Waals surface area contributed by atoms with Gasteiger partial charge in [-0.15, -0.1) is 0 Å². The molecule has 2 aromatic carbocycles. The molecule has 0 bridgehead atoms. The number of carbonyl (C=O) groups is 1. The third kappa shape index (κ3) is 3.96. The fourth-order valence-corrected chi connectivity index (χ4v) is 1.76. The van der Waals surface area contributed by atoms with Gasteiger partial charge in [0, 0.05) is 6.08 Å². The SMILES string of the molecule is O=C(O)C=CC=Cc1cccc(-c2ccccc2)c1. The zero-order chi connectivity index (χ0) is 13.5. The first-order valence-electron chi connectivity index (χ1n) is 5.99. The van der Waals surface area contributed by atoms with E-state index in [1.54, 1.807) is 6.08 Å². The van der Waals surface area contributed by atoms with Gasteiger partial charge in [-0.1, -0.05) is 66.8 Å². The largest absolute Gasteiger partial charge is 0.478 e. The van der Waals surface area contributed by atoms with E-state index in [1.807, 2.05) is 36.4 Å². The van der Waals surface area contributed by atoms with E-state index in [9.17, 15) is 4.79 Å². The molecule has 2 aromatic rings. The summed E-state index contributed by atoms with van der Waals surface area (Å²) in [5.74, 6) is -0.942. The van der Waals surface area contributed by atoms with Crippen molar-refractivity contribution in [3.63, 3.8) is 0 Å². The van der Waals surface area contributed by atoms with Crippen molar-refractivity contribution in [3.8, 4) is 11.1 Å². The Morgan fingerprint density at radius 3 is 2.37 bits per heavy atom. The van der Waals surface area contributed by atoms with Gasteiger partial charge in [-0.3, -0.25) is 0 Å². The first kappa shape index (κ1) is 12.8. The lowest BCUT2D eigenvalue weighted by atomic mass is 10.0. The molecule has 0 radical (unpaired) electrons. The highest BCUT2D eigenvalue weighted by Gasteiger charge is 1.96. The number of hydrogen-bond acceptors (Lipinski definition) is 1. The maximum absolute atomic E-state index is 10.3. The number of carboxylic acids is 1. The van der Waals surface area contributed by atoms with Gasteiger partial charge in [-0.05, 0) is 22.8 Å². The quantitative estimate of drug-likeness (QED) is 0.657. The summed E-state index contributed by atoms with van der Waals surface area (Å²) >= 11 is 0. The summed E-state index contributed by atoms with van der Waals surface area (Å²) in [5.41, 5.74) is 3.35. The molecule has 0 aliphatic rings. The summed E-state index contributed by atoms with van der Waals surface area (Å²) in [6.07, 6.45) is 6.22. The van der Waals surface area contributed by atoms with Crippen molar-refractivity contribution in [3.05, 3.63) is 78.4 Å². The molecule has 0 heterocycles. The lowest BCUT2D eigenvalue weighted by Crippen LogP contribution is -1.84.